The van der Waals surface area contributed by atoms with Gasteiger partial charge in [0.25, 0.3) is 0 Å². The molecule has 0 aliphatic heterocycles. The number of hydrogen-bond donors (Lipinski definition) is 0. The largest absolute Gasteiger partial charge is 0.342 e. The average Bonchev–Trinajstić information content (AvgIpc) is 3.96. The van der Waals surface area contributed by atoms with Crippen molar-refractivity contribution in [1.82, 2.24) is 0 Å². The van der Waals surface area contributed by atoms with Crippen LogP contribution in [-0.4, -0.2) is 38.6 Å². The Balaban J connectivity index is 1.43. The van der Waals surface area contributed by atoms with Gasteiger partial charge in [-0.1, -0.05) is 83.1 Å². The Morgan fingerprint density at radius 3 is 0.985 bits per heavy atom. The van der Waals surface area contributed by atoms with E-state index >= 15 is 0 Å². The quantitative estimate of drug-likeness (QED) is 0.0943. The Hall–Kier alpha value is -8.11. The summed E-state index contributed by atoms with van der Waals surface area (Å²) < 4.78 is 0. The molecule has 66 heavy (non-hydrogen) atoms. The normalized spacial score (nSPS) is 12.7. The number of fused-ring (bicyclic) bond motifs is 12. The fourth-order valence-corrected chi connectivity index (χ4v) is 10.0. The molecule has 10 aromatic carbocycles. The van der Waals surface area contributed by atoms with E-state index in [-0.39, 0.29) is 0 Å². The highest BCUT2D eigenvalue weighted by molar-refractivity contribution is 6.42. The van der Waals surface area contributed by atoms with Crippen molar-refractivity contribution in [3.63, 3.8) is 0 Å². The summed E-state index contributed by atoms with van der Waals surface area (Å²) in [7, 11) is 1.83. The molecule has 0 N–H and O–H groups in total. The lowest BCUT2D eigenvalue weighted by atomic mass is 9.99. The standard InChI is InChI=1S/C56H48N6O4/c1-7-60(36-19-13-10-14-20-36)39-25-28-42-45(31-39)54(57-6)51-48(42)52-50(44-30-27-41(33-47(44)56(52)59-66-35(5)64)62(9-3)38-23-17-12-18-24-38)53-49(51)43-29-26-40(32-46(43)55(53)58-65-34(4)63)61(8-2)37-21-15-11-16-22-37/h10-33H,7-9H2,1-6H3/b57-54?,58-55+,59-56+. The Kier molecular flexibility index (Phi) is 10.9. The molecule has 0 radical (unpaired) electrons. The number of benzene rings is 7. The molecule has 0 saturated heterocycles. The minimum atomic E-state index is -0.539. The molecule has 0 unspecified atom stereocenters. The van der Waals surface area contributed by atoms with Crippen LogP contribution in [0.5, 0.6) is 0 Å². The van der Waals surface area contributed by atoms with Crippen LogP contribution in [0.15, 0.2) is 161 Å². The number of carbonyl (C=O) groups excluding carboxylic acids is 2. The summed E-state index contributed by atoms with van der Waals surface area (Å²) >= 11 is 0. The van der Waals surface area contributed by atoms with Gasteiger partial charge >= 0.3 is 11.9 Å². The van der Waals surface area contributed by atoms with Crippen molar-refractivity contribution in [1.29, 1.82) is 0 Å². The van der Waals surface area contributed by atoms with Crippen molar-refractivity contribution >= 4 is 111 Å². The second kappa shape index (κ2) is 17.1. The van der Waals surface area contributed by atoms with Crippen LogP contribution in [0.4, 0.5) is 34.1 Å². The topological polar surface area (TPSA) is 99.4 Å². The number of hydrogen-bond acceptors (Lipinski definition) is 10. The highest BCUT2D eigenvalue weighted by Gasteiger charge is 2.27. The first-order chi connectivity index (χ1) is 32.3. The Morgan fingerprint density at radius 1 is 0.394 bits per heavy atom. The Morgan fingerprint density at radius 2 is 0.697 bits per heavy atom. The molecule has 0 heterocycles. The van der Waals surface area contributed by atoms with Gasteiger partial charge in [0.15, 0.2) is 0 Å². The van der Waals surface area contributed by atoms with Gasteiger partial charge in [0.05, 0.1) is 5.36 Å². The second-order valence-electron chi connectivity index (χ2n) is 16.3. The summed E-state index contributed by atoms with van der Waals surface area (Å²) in [5.74, 6) is -1.08. The molecule has 0 aliphatic rings. The van der Waals surface area contributed by atoms with Crippen LogP contribution in [0.1, 0.15) is 34.6 Å². The molecule has 10 nitrogen and oxygen atoms in total. The third-order valence-electron chi connectivity index (χ3n) is 12.6. The molecular weight excluding hydrogens is 821 g/mol. The Labute approximate surface area is 381 Å². The maximum Gasteiger partial charge on any atom is 0.332 e. The number of nitrogens with zero attached hydrogens (tertiary/aromatic N) is 6. The van der Waals surface area contributed by atoms with E-state index in [0.29, 0.717) is 23.8 Å². The van der Waals surface area contributed by atoms with Crippen molar-refractivity contribution in [2.24, 2.45) is 15.3 Å². The summed E-state index contributed by atoms with van der Waals surface area (Å²) in [5.41, 5.74) is 6.10. The van der Waals surface area contributed by atoms with Gasteiger partial charge in [-0.2, -0.15) is 0 Å². The number of carbonyl (C=O) groups is 2. The SMILES string of the molecule is CCN(c1ccccc1)c1ccc2c(c1)c(=NC)c1c2c2/c(=N/OC(C)=O)c3cc(N(CC)c4ccccc4)ccc3c2c2/c(=N/OC(C)=O)c3cc(N(CC)c4ccccc4)ccc3c12. The number of anilines is 6. The maximum atomic E-state index is 12.7. The van der Waals surface area contributed by atoms with Gasteiger partial charge in [-0.15, -0.1) is 0 Å². The zero-order chi connectivity index (χ0) is 45.6. The van der Waals surface area contributed by atoms with Crippen LogP contribution >= 0.6 is 0 Å². The third-order valence-corrected chi connectivity index (χ3v) is 12.6. The average molecular weight is 869 g/mol. The van der Waals surface area contributed by atoms with Crippen molar-refractivity contribution < 1.29 is 19.3 Å². The summed E-state index contributed by atoms with van der Waals surface area (Å²) in [5, 5.41) is 21.8. The lowest BCUT2D eigenvalue weighted by Crippen LogP contribution is -2.16. The van der Waals surface area contributed by atoms with Crippen LogP contribution in [0, 0.1) is 0 Å². The van der Waals surface area contributed by atoms with Crippen LogP contribution in [0.25, 0.3) is 64.6 Å². The molecule has 0 spiro atoms. The first kappa shape index (κ1) is 41.9. The molecule has 0 amide bonds. The first-order valence-corrected chi connectivity index (χ1v) is 22.4. The fourth-order valence-electron chi connectivity index (χ4n) is 10.0. The molecule has 10 heteroatoms. The molecule has 326 valence electrons. The van der Waals surface area contributed by atoms with E-state index in [1.54, 1.807) is 0 Å². The zero-order valence-corrected chi connectivity index (χ0v) is 37.8. The molecule has 0 fully saturated rings. The first-order valence-electron chi connectivity index (χ1n) is 22.4. The van der Waals surface area contributed by atoms with Crippen molar-refractivity contribution in [3.8, 4) is 0 Å². The maximum absolute atomic E-state index is 12.7. The molecule has 10 rings (SSSR count). The minimum Gasteiger partial charge on any atom is -0.342 e. The second-order valence-corrected chi connectivity index (χ2v) is 16.3. The minimum absolute atomic E-state index is 0.511. The summed E-state index contributed by atoms with van der Waals surface area (Å²) in [6.07, 6.45) is 0. The van der Waals surface area contributed by atoms with Gasteiger partial charge in [-0.05, 0) is 110 Å². The van der Waals surface area contributed by atoms with E-state index in [4.69, 9.17) is 25.0 Å². The molecular formula is C56H48N6O4. The number of para-hydroxylation sites is 3. The van der Waals surface area contributed by atoms with E-state index in [2.05, 4.69) is 139 Å². The van der Waals surface area contributed by atoms with Gasteiger partial charge in [-0.25, -0.2) is 9.59 Å². The van der Waals surface area contributed by atoms with Crippen molar-refractivity contribution in [2.45, 2.75) is 34.6 Å². The van der Waals surface area contributed by atoms with Gasteiger partial charge in [0, 0.05) is 123 Å². The highest BCUT2D eigenvalue weighted by atomic mass is 16.7. The lowest BCUT2D eigenvalue weighted by Gasteiger charge is -2.23. The smallest absolute Gasteiger partial charge is 0.332 e. The van der Waals surface area contributed by atoms with Crippen molar-refractivity contribution in [2.75, 3.05) is 41.4 Å². The Bertz CT molecular complexity index is 3640. The molecule has 0 atom stereocenters. The predicted octanol–water partition coefficient (Wildman–Crippen LogP) is 11.7. The van der Waals surface area contributed by atoms with Crippen LogP contribution in [0.3, 0.4) is 0 Å². The fraction of sp³-hybridized carbons (Fsp3) is 0.161. The molecule has 0 aliphatic carbocycles. The van der Waals surface area contributed by atoms with E-state index < -0.39 is 11.9 Å². The molecule has 0 aromatic heterocycles. The summed E-state index contributed by atoms with van der Waals surface area (Å²) in [6.45, 7) is 11.3. The van der Waals surface area contributed by atoms with Gasteiger partial charge in [0.1, 0.15) is 10.7 Å². The van der Waals surface area contributed by atoms with Gasteiger partial charge in [0.2, 0.25) is 0 Å². The van der Waals surface area contributed by atoms with E-state index in [9.17, 15) is 9.59 Å². The lowest BCUT2D eigenvalue weighted by molar-refractivity contribution is -0.142. The summed E-state index contributed by atoms with van der Waals surface area (Å²) in [6, 6.07) is 50.3. The van der Waals surface area contributed by atoms with E-state index in [0.717, 1.165) is 111 Å². The van der Waals surface area contributed by atoms with E-state index in [1.165, 1.54) is 13.8 Å². The zero-order valence-electron chi connectivity index (χ0n) is 37.8. The van der Waals surface area contributed by atoms with Crippen LogP contribution in [-0.2, 0) is 19.3 Å². The van der Waals surface area contributed by atoms with Gasteiger partial charge < -0.3 is 24.4 Å². The van der Waals surface area contributed by atoms with Crippen molar-refractivity contribution in [3.05, 3.63) is 162 Å². The van der Waals surface area contributed by atoms with Gasteiger partial charge in [-0.3, -0.25) is 4.99 Å². The molecule has 0 saturated carbocycles. The number of rotatable bonds is 11. The third kappa shape index (κ3) is 6.84. The van der Waals surface area contributed by atoms with Crippen LogP contribution in [0.2, 0.25) is 0 Å². The monoisotopic (exact) mass is 868 g/mol. The predicted molar refractivity (Wildman–Crippen MR) is 269 cm³/mol. The molecule has 10 aromatic rings. The van der Waals surface area contributed by atoms with Crippen LogP contribution < -0.4 is 30.8 Å². The molecule has 0 bridgehead atoms. The summed E-state index contributed by atoms with van der Waals surface area (Å²) in [4.78, 5) is 48.6. The van der Waals surface area contributed by atoms with E-state index in [1.807, 2.05) is 49.5 Å². The highest BCUT2D eigenvalue weighted by Crippen LogP contribution is 2.45.